The number of hydrogen-bond acceptors (Lipinski definition) is 5. The number of para-hydroxylation sites is 1. The van der Waals surface area contributed by atoms with E-state index < -0.39 is 0 Å². The molecule has 0 saturated heterocycles. The average molecular weight is 372 g/mol. The third-order valence-corrected chi connectivity index (χ3v) is 4.64. The smallest absolute Gasteiger partial charge is 0.255 e. The summed E-state index contributed by atoms with van der Waals surface area (Å²) < 4.78 is 0. The van der Waals surface area contributed by atoms with Gasteiger partial charge in [-0.2, -0.15) is 0 Å². The van der Waals surface area contributed by atoms with Crippen LogP contribution in [-0.4, -0.2) is 15.9 Å². The van der Waals surface area contributed by atoms with Crippen molar-refractivity contribution in [2.24, 2.45) is 0 Å². The molecule has 0 aliphatic rings. The van der Waals surface area contributed by atoms with Crippen molar-refractivity contribution < 1.29 is 4.79 Å². The first-order valence-corrected chi connectivity index (χ1v) is 9.26. The Morgan fingerprint density at radius 3 is 2.41 bits per heavy atom. The second-order valence-electron chi connectivity index (χ2n) is 5.78. The van der Waals surface area contributed by atoms with E-state index in [-0.39, 0.29) is 5.91 Å². The Kier molecular flexibility index (Phi) is 4.89. The van der Waals surface area contributed by atoms with Crippen molar-refractivity contribution in [3.8, 4) is 11.3 Å². The van der Waals surface area contributed by atoms with Gasteiger partial charge in [0.1, 0.15) is 5.82 Å². The Labute approximate surface area is 160 Å². The molecule has 2 aromatic heterocycles. The highest BCUT2D eigenvalue weighted by atomic mass is 32.1. The van der Waals surface area contributed by atoms with Crippen molar-refractivity contribution in [1.29, 1.82) is 0 Å². The fourth-order valence-corrected chi connectivity index (χ4v) is 3.25. The van der Waals surface area contributed by atoms with Crippen LogP contribution in [0.5, 0.6) is 0 Å². The third-order valence-electron chi connectivity index (χ3n) is 3.88. The largest absolute Gasteiger partial charge is 0.322 e. The summed E-state index contributed by atoms with van der Waals surface area (Å²) in [5.41, 5.74) is 3.19. The van der Waals surface area contributed by atoms with Gasteiger partial charge in [0.15, 0.2) is 5.13 Å². The second-order valence-corrected chi connectivity index (χ2v) is 6.63. The first-order valence-electron chi connectivity index (χ1n) is 8.38. The molecule has 2 heterocycles. The lowest BCUT2D eigenvalue weighted by molar-refractivity contribution is 0.102. The second kappa shape index (κ2) is 7.80. The van der Waals surface area contributed by atoms with Crippen LogP contribution in [0.25, 0.3) is 11.3 Å². The van der Waals surface area contributed by atoms with Gasteiger partial charge in [-0.25, -0.2) is 9.97 Å². The minimum atomic E-state index is -0.136. The number of aromatic nitrogens is 2. The third kappa shape index (κ3) is 4.19. The highest BCUT2D eigenvalue weighted by molar-refractivity contribution is 7.14. The van der Waals surface area contributed by atoms with E-state index in [4.69, 9.17) is 0 Å². The summed E-state index contributed by atoms with van der Waals surface area (Å²) in [7, 11) is 0. The van der Waals surface area contributed by atoms with Crippen LogP contribution in [0.2, 0.25) is 0 Å². The maximum absolute atomic E-state index is 12.3. The first-order chi connectivity index (χ1) is 13.3. The van der Waals surface area contributed by atoms with Gasteiger partial charge in [-0.3, -0.25) is 4.79 Å². The highest BCUT2D eigenvalue weighted by Crippen LogP contribution is 2.27. The first kappa shape index (κ1) is 16.9. The Morgan fingerprint density at radius 1 is 0.889 bits per heavy atom. The number of carbonyl (C=O) groups excluding carboxylic acids is 1. The average Bonchev–Trinajstić information content (AvgIpc) is 3.18. The van der Waals surface area contributed by atoms with Gasteiger partial charge in [0.2, 0.25) is 0 Å². The SMILES string of the molecule is O=C(Nc1ccccc1)c1ccc(-c2csc(Nc3ccccn3)n2)cc1. The van der Waals surface area contributed by atoms with Crippen molar-refractivity contribution in [2.45, 2.75) is 0 Å². The molecule has 0 aliphatic heterocycles. The van der Waals surface area contributed by atoms with Crippen LogP contribution in [-0.2, 0) is 0 Å². The van der Waals surface area contributed by atoms with Crippen molar-refractivity contribution in [1.82, 2.24) is 9.97 Å². The molecule has 0 saturated carbocycles. The Morgan fingerprint density at radius 2 is 1.67 bits per heavy atom. The number of carbonyl (C=O) groups is 1. The normalized spacial score (nSPS) is 10.4. The van der Waals surface area contributed by atoms with Crippen molar-refractivity contribution >= 4 is 33.9 Å². The van der Waals surface area contributed by atoms with Gasteiger partial charge < -0.3 is 10.6 Å². The van der Waals surface area contributed by atoms with Gasteiger partial charge in [-0.05, 0) is 36.4 Å². The van der Waals surface area contributed by atoms with Crippen LogP contribution in [0.15, 0.2) is 84.4 Å². The van der Waals surface area contributed by atoms with Crippen LogP contribution in [0.1, 0.15) is 10.4 Å². The maximum atomic E-state index is 12.3. The van der Waals surface area contributed by atoms with Gasteiger partial charge in [-0.1, -0.05) is 36.4 Å². The van der Waals surface area contributed by atoms with Crippen LogP contribution in [0.3, 0.4) is 0 Å². The van der Waals surface area contributed by atoms with Gasteiger partial charge in [0, 0.05) is 28.4 Å². The number of thiazole rings is 1. The van der Waals surface area contributed by atoms with E-state index >= 15 is 0 Å². The van der Waals surface area contributed by atoms with Gasteiger partial charge in [0.25, 0.3) is 5.91 Å². The van der Waals surface area contributed by atoms with Crippen molar-refractivity contribution in [3.63, 3.8) is 0 Å². The van der Waals surface area contributed by atoms with E-state index in [1.165, 1.54) is 11.3 Å². The topological polar surface area (TPSA) is 66.9 Å². The quantitative estimate of drug-likeness (QED) is 0.505. The minimum absolute atomic E-state index is 0.136. The molecule has 4 aromatic rings. The molecule has 2 N–H and O–H groups in total. The number of nitrogens with one attached hydrogen (secondary N) is 2. The van der Waals surface area contributed by atoms with Crippen molar-refractivity contribution in [2.75, 3.05) is 10.6 Å². The van der Waals surface area contributed by atoms with E-state index in [2.05, 4.69) is 20.6 Å². The predicted molar refractivity (Wildman–Crippen MR) is 109 cm³/mol. The molecule has 0 atom stereocenters. The molecule has 2 aromatic carbocycles. The summed E-state index contributed by atoms with van der Waals surface area (Å²) in [4.78, 5) is 21.1. The Hall–Kier alpha value is -3.51. The fourth-order valence-electron chi connectivity index (χ4n) is 2.53. The summed E-state index contributed by atoms with van der Waals surface area (Å²) in [6.07, 6.45) is 1.73. The highest BCUT2D eigenvalue weighted by Gasteiger charge is 2.09. The zero-order valence-corrected chi connectivity index (χ0v) is 15.1. The molecule has 0 spiro atoms. The minimum Gasteiger partial charge on any atom is -0.322 e. The van der Waals surface area contributed by atoms with Gasteiger partial charge in [-0.15, -0.1) is 11.3 Å². The molecular weight excluding hydrogens is 356 g/mol. The summed E-state index contributed by atoms with van der Waals surface area (Å²) in [6.45, 7) is 0. The molecule has 27 heavy (non-hydrogen) atoms. The molecule has 0 fully saturated rings. The summed E-state index contributed by atoms with van der Waals surface area (Å²) in [5, 5.41) is 8.81. The van der Waals surface area contributed by atoms with Crippen LogP contribution < -0.4 is 10.6 Å². The molecule has 1 amide bonds. The van der Waals surface area contributed by atoms with E-state index in [0.29, 0.717) is 5.56 Å². The molecule has 0 radical (unpaired) electrons. The van der Waals surface area contributed by atoms with Crippen LogP contribution >= 0.6 is 11.3 Å². The van der Waals surface area contributed by atoms with E-state index in [1.807, 2.05) is 66.0 Å². The maximum Gasteiger partial charge on any atom is 0.255 e. The van der Waals surface area contributed by atoms with E-state index in [1.54, 1.807) is 18.3 Å². The summed E-state index contributed by atoms with van der Waals surface area (Å²) in [6, 6.07) is 22.5. The number of amides is 1. The monoisotopic (exact) mass is 372 g/mol. The Balaban J connectivity index is 1.45. The Bertz CT molecular complexity index is 1030. The molecule has 0 unspecified atom stereocenters. The number of benzene rings is 2. The molecule has 6 heteroatoms. The number of anilines is 3. The van der Waals surface area contributed by atoms with E-state index in [9.17, 15) is 4.79 Å². The number of hydrogen-bond donors (Lipinski definition) is 2. The lowest BCUT2D eigenvalue weighted by Gasteiger charge is -2.05. The molecule has 4 rings (SSSR count). The lowest BCUT2D eigenvalue weighted by Crippen LogP contribution is -2.11. The summed E-state index contributed by atoms with van der Waals surface area (Å²) in [5.74, 6) is 0.620. The van der Waals surface area contributed by atoms with Gasteiger partial charge in [0.05, 0.1) is 5.69 Å². The predicted octanol–water partition coefficient (Wildman–Crippen LogP) is 5.20. The van der Waals surface area contributed by atoms with E-state index in [0.717, 1.165) is 27.9 Å². The number of rotatable bonds is 5. The molecule has 5 nitrogen and oxygen atoms in total. The summed E-state index contributed by atoms with van der Waals surface area (Å²) >= 11 is 1.51. The van der Waals surface area contributed by atoms with Crippen molar-refractivity contribution in [3.05, 3.63) is 89.9 Å². The van der Waals surface area contributed by atoms with Gasteiger partial charge >= 0.3 is 0 Å². The zero-order valence-electron chi connectivity index (χ0n) is 14.3. The molecule has 0 aliphatic carbocycles. The number of pyridine rings is 1. The molecule has 132 valence electrons. The molecule has 0 bridgehead atoms. The zero-order chi connectivity index (χ0) is 18.5. The number of nitrogens with zero attached hydrogens (tertiary/aromatic N) is 2. The fraction of sp³-hybridized carbons (Fsp3) is 0. The van der Waals surface area contributed by atoms with Crippen LogP contribution in [0, 0.1) is 0 Å². The molecular formula is C21H16N4OS. The van der Waals surface area contributed by atoms with Crippen LogP contribution in [0.4, 0.5) is 16.6 Å². The standard InChI is InChI=1S/C21H16N4OS/c26-20(23-17-6-2-1-3-7-17)16-11-9-15(10-12-16)18-14-27-21(24-18)25-19-8-4-5-13-22-19/h1-14H,(H,23,26)(H,22,24,25). The lowest BCUT2D eigenvalue weighted by atomic mass is 10.1.